The smallest absolute Gasteiger partial charge is 0.337 e. The first-order chi connectivity index (χ1) is 9.16. The minimum atomic E-state index is -1.11. The van der Waals surface area contributed by atoms with Gasteiger partial charge in [0.1, 0.15) is 5.82 Å². The van der Waals surface area contributed by atoms with E-state index in [9.17, 15) is 9.18 Å². The quantitative estimate of drug-likeness (QED) is 0.776. The van der Waals surface area contributed by atoms with Gasteiger partial charge in [0.2, 0.25) is 0 Å². The van der Waals surface area contributed by atoms with E-state index in [0.29, 0.717) is 12.2 Å². The average Bonchev–Trinajstić information content (AvgIpc) is 2.89. The fourth-order valence-electron chi connectivity index (χ4n) is 2.38. The molecule has 1 fully saturated rings. The molecule has 0 atom stereocenters. The molecule has 4 nitrogen and oxygen atoms in total. The lowest BCUT2D eigenvalue weighted by atomic mass is 10.1. The Balaban J connectivity index is 1.83. The van der Waals surface area contributed by atoms with Crippen molar-refractivity contribution < 1.29 is 14.3 Å². The fourth-order valence-corrected chi connectivity index (χ4v) is 2.38. The molecule has 104 valence electrons. The third-order valence-corrected chi connectivity index (χ3v) is 3.38. The summed E-state index contributed by atoms with van der Waals surface area (Å²) in [6.45, 7) is 4.05. The van der Waals surface area contributed by atoms with Crippen molar-refractivity contribution >= 4 is 11.7 Å². The lowest BCUT2D eigenvalue weighted by Gasteiger charge is -2.15. The number of hydrogen-bond donors (Lipinski definition) is 2. The van der Waals surface area contributed by atoms with Gasteiger partial charge in [0, 0.05) is 12.2 Å². The van der Waals surface area contributed by atoms with E-state index in [1.165, 1.54) is 25.0 Å². The summed E-state index contributed by atoms with van der Waals surface area (Å²) in [7, 11) is 0. The maximum absolute atomic E-state index is 13.0. The molecule has 1 aliphatic heterocycles. The topological polar surface area (TPSA) is 52.6 Å². The molecule has 1 heterocycles. The molecule has 2 N–H and O–H groups in total. The zero-order chi connectivity index (χ0) is 13.7. The van der Waals surface area contributed by atoms with E-state index < -0.39 is 11.8 Å². The summed E-state index contributed by atoms with van der Waals surface area (Å²) < 4.78 is 13.0. The van der Waals surface area contributed by atoms with Crippen molar-refractivity contribution in [3.8, 4) is 0 Å². The van der Waals surface area contributed by atoms with Crippen LogP contribution in [-0.4, -0.2) is 42.2 Å². The first-order valence-electron chi connectivity index (χ1n) is 6.66. The number of benzene rings is 1. The van der Waals surface area contributed by atoms with Crippen molar-refractivity contribution in [3.63, 3.8) is 0 Å². The fraction of sp³-hybridized carbons (Fsp3) is 0.500. The van der Waals surface area contributed by atoms with Crippen molar-refractivity contribution in [2.24, 2.45) is 0 Å². The Kier molecular flexibility index (Phi) is 4.74. The van der Waals surface area contributed by atoms with Crippen molar-refractivity contribution in [2.45, 2.75) is 19.3 Å². The number of carbonyl (C=O) groups is 1. The van der Waals surface area contributed by atoms with Gasteiger partial charge in [-0.05, 0) is 57.1 Å². The highest BCUT2D eigenvalue weighted by molar-refractivity contribution is 5.94. The number of aromatic carboxylic acids is 1. The summed E-state index contributed by atoms with van der Waals surface area (Å²) >= 11 is 0. The second-order valence-electron chi connectivity index (χ2n) is 4.82. The first-order valence-corrected chi connectivity index (χ1v) is 6.66. The lowest BCUT2D eigenvalue weighted by molar-refractivity contribution is 0.0697. The number of rotatable bonds is 6. The molecule has 2 rings (SSSR count). The number of anilines is 1. The van der Waals surface area contributed by atoms with E-state index in [2.05, 4.69) is 10.2 Å². The van der Waals surface area contributed by atoms with E-state index in [4.69, 9.17) is 5.11 Å². The molecular formula is C14H19FN2O2. The molecule has 0 unspecified atom stereocenters. The van der Waals surface area contributed by atoms with Crippen LogP contribution in [0, 0.1) is 5.82 Å². The van der Waals surface area contributed by atoms with Gasteiger partial charge < -0.3 is 15.3 Å². The minimum absolute atomic E-state index is 0.0128. The van der Waals surface area contributed by atoms with E-state index >= 15 is 0 Å². The third kappa shape index (κ3) is 3.92. The largest absolute Gasteiger partial charge is 0.478 e. The van der Waals surface area contributed by atoms with Crippen LogP contribution >= 0.6 is 0 Å². The van der Waals surface area contributed by atoms with Crippen LogP contribution in [0.15, 0.2) is 18.2 Å². The summed E-state index contributed by atoms with van der Waals surface area (Å²) in [4.78, 5) is 13.4. The van der Waals surface area contributed by atoms with Crippen molar-refractivity contribution in [3.05, 3.63) is 29.6 Å². The van der Waals surface area contributed by atoms with Gasteiger partial charge in [-0.2, -0.15) is 0 Å². The predicted molar refractivity (Wildman–Crippen MR) is 72.1 cm³/mol. The van der Waals surface area contributed by atoms with E-state index in [1.807, 2.05) is 0 Å². The Morgan fingerprint density at radius 1 is 1.37 bits per heavy atom. The number of likely N-dealkylation sites (tertiary alicyclic amines) is 1. The van der Waals surface area contributed by atoms with Gasteiger partial charge in [-0.1, -0.05) is 0 Å². The molecule has 0 aromatic heterocycles. The Bertz CT molecular complexity index is 445. The zero-order valence-corrected chi connectivity index (χ0v) is 10.9. The summed E-state index contributed by atoms with van der Waals surface area (Å²) in [5.41, 5.74) is 0.469. The molecule has 0 amide bonds. The van der Waals surface area contributed by atoms with Crippen LogP contribution in [0.25, 0.3) is 0 Å². The Morgan fingerprint density at radius 2 is 2.11 bits per heavy atom. The molecule has 1 aromatic carbocycles. The van der Waals surface area contributed by atoms with E-state index in [1.54, 1.807) is 0 Å². The van der Waals surface area contributed by atoms with Crippen LogP contribution in [0.4, 0.5) is 10.1 Å². The van der Waals surface area contributed by atoms with Crippen molar-refractivity contribution in [1.29, 1.82) is 0 Å². The maximum Gasteiger partial charge on any atom is 0.337 e. The normalized spacial score (nSPS) is 15.6. The highest BCUT2D eigenvalue weighted by Crippen LogP contribution is 2.17. The monoisotopic (exact) mass is 266 g/mol. The summed E-state index contributed by atoms with van der Waals surface area (Å²) in [6.07, 6.45) is 3.50. The van der Waals surface area contributed by atoms with Gasteiger partial charge in [-0.3, -0.25) is 0 Å². The van der Waals surface area contributed by atoms with Crippen LogP contribution in [0.5, 0.6) is 0 Å². The lowest BCUT2D eigenvalue weighted by Crippen LogP contribution is -2.22. The molecule has 0 aliphatic carbocycles. The Hall–Kier alpha value is -1.62. The maximum atomic E-state index is 13.0. The number of nitrogens with zero attached hydrogens (tertiary/aromatic N) is 1. The van der Waals surface area contributed by atoms with E-state index in [-0.39, 0.29) is 5.56 Å². The molecular weight excluding hydrogens is 247 g/mol. The molecule has 1 aromatic rings. The average molecular weight is 266 g/mol. The van der Waals surface area contributed by atoms with Crippen LogP contribution in [-0.2, 0) is 0 Å². The molecule has 1 saturated heterocycles. The van der Waals surface area contributed by atoms with Gasteiger partial charge in [0.05, 0.1) is 5.56 Å². The van der Waals surface area contributed by atoms with Gasteiger partial charge in [-0.15, -0.1) is 0 Å². The molecule has 0 radical (unpaired) electrons. The SMILES string of the molecule is O=C(O)c1cc(F)ccc1NCCCN1CCCC1. The van der Waals surface area contributed by atoms with Gasteiger partial charge in [0.15, 0.2) is 0 Å². The van der Waals surface area contributed by atoms with Gasteiger partial charge >= 0.3 is 5.97 Å². The summed E-state index contributed by atoms with van der Waals surface area (Å²) in [6, 6.07) is 3.80. The number of nitrogens with one attached hydrogen (secondary N) is 1. The summed E-state index contributed by atoms with van der Waals surface area (Å²) in [5, 5.41) is 12.1. The Morgan fingerprint density at radius 3 is 2.79 bits per heavy atom. The van der Waals surface area contributed by atoms with Gasteiger partial charge in [-0.25, -0.2) is 9.18 Å². The predicted octanol–water partition coefficient (Wildman–Crippen LogP) is 2.42. The van der Waals surface area contributed by atoms with E-state index in [0.717, 1.165) is 32.1 Å². The standard InChI is InChI=1S/C14H19FN2O2/c15-11-4-5-13(12(10-11)14(18)19)16-6-3-9-17-7-1-2-8-17/h4-5,10,16H,1-3,6-9H2,(H,18,19). The zero-order valence-electron chi connectivity index (χ0n) is 10.9. The van der Waals surface area contributed by atoms with Gasteiger partial charge in [0.25, 0.3) is 0 Å². The van der Waals surface area contributed by atoms with Crippen molar-refractivity contribution in [2.75, 3.05) is 31.5 Å². The highest BCUT2D eigenvalue weighted by atomic mass is 19.1. The summed E-state index contributed by atoms with van der Waals surface area (Å²) in [5.74, 6) is -1.64. The molecule has 1 aliphatic rings. The van der Waals surface area contributed by atoms with Crippen LogP contribution in [0.2, 0.25) is 0 Å². The second kappa shape index (κ2) is 6.52. The second-order valence-corrected chi connectivity index (χ2v) is 4.82. The minimum Gasteiger partial charge on any atom is -0.478 e. The first kappa shape index (κ1) is 13.8. The van der Waals surface area contributed by atoms with Crippen LogP contribution in [0.3, 0.4) is 0 Å². The number of carboxylic acid groups (broad SMARTS) is 1. The number of hydrogen-bond acceptors (Lipinski definition) is 3. The third-order valence-electron chi connectivity index (χ3n) is 3.38. The molecule has 19 heavy (non-hydrogen) atoms. The molecule has 0 bridgehead atoms. The van der Waals surface area contributed by atoms with Crippen molar-refractivity contribution in [1.82, 2.24) is 4.90 Å². The Labute approximate surface area is 112 Å². The molecule has 0 spiro atoms. The molecule has 5 heteroatoms. The van der Waals surface area contributed by atoms with Crippen LogP contribution < -0.4 is 5.32 Å². The number of carboxylic acids is 1. The number of halogens is 1. The van der Waals surface area contributed by atoms with Crippen LogP contribution in [0.1, 0.15) is 29.6 Å². The highest BCUT2D eigenvalue weighted by Gasteiger charge is 2.12. The molecule has 0 saturated carbocycles.